The van der Waals surface area contributed by atoms with Crippen molar-refractivity contribution in [1.29, 1.82) is 0 Å². The van der Waals surface area contributed by atoms with E-state index >= 15 is 0 Å². The summed E-state index contributed by atoms with van der Waals surface area (Å²) in [6, 6.07) is 7.37. The second-order valence-electron chi connectivity index (χ2n) is 6.98. The molecule has 19 heavy (non-hydrogen) atoms. The van der Waals surface area contributed by atoms with Crippen LogP contribution in [0.1, 0.15) is 51.2 Å². The fraction of sp³-hybridized carbons (Fsp3) is 0.647. The van der Waals surface area contributed by atoms with Crippen molar-refractivity contribution in [3.63, 3.8) is 0 Å². The number of nitrogens with one attached hydrogen (secondary N) is 1. The van der Waals surface area contributed by atoms with Crippen LogP contribution >= 0.6 is 0 Å². The highest BCUT2D eigenvalue weighted by Gasteiger charge is 2.30. The second kappa shape index (κ2) is 4.82. The molecule has 0 saturated heterocycles. The van der Waals surface area contributed by atoms with E-state index in [-0.39, 0.29) is 5.60 Å². The summed E-state index contributed by atoms with van der Waals surface area (Å²) in [5, 5.41) is 3.70. The quantitative estimate of drug-likeness (QED) is 0.894. The van der Waals surface area contributed by atoms with Crippen LogP contribution in [0.3, 0.4) is 0 Å². The van der Waals surface area contributed by atoms with Crippen LogP contribution in [-0.4, -0.2) is 11.6 Å². The van der Waals surface area contributed by atoms with Gasteiger partial charge in [-0.25, -0.2) is 0 Å². The van der Waals surface area contributed by atoms with Gasteiger partial charge in [0.25, 0.3) is 0 Å². The van der Waals surface area contributed by atoms with Gasteiger partial charge < -0.3 is 10.1 Å². The standard InChI is InChI=1S/C17H25NO/c1-12-4-6-15(8-12)18-11-13-5-7-16-14(9-13)10-17(2,3)19-16/h5,7,9,12,15,18H,4,6,8,10-11H2,1-3H3. The van der Waals surface area contributed by atoms with E-state index in [1.165, 1.54) is 30.4 Å². The molecule has 3 rings (SSSR count). The summed E-state index contributed by atoms with van der Waals surface area (Å²) in [6.07, 6.45) is 5.07. The molecule has 1 heterocycles. The summed E-state index contributed by atoms with van der Waals surface area (Å²) in [7, 11) is 0. The topological polar surface area (TPSA) is 21.3 Å². The number of rotatable bonds is 3. The van der Waals surface area contributed by atoms with E-state index in [1.54, 1.807) is 0 Å². The van der Waals surface area contributed by atoms with Crippen molar-refractivity contribution in [2.24, 2.45) is 5.92 Å². The van der Waals surface area contributed by atoms with Gasteiger partial charge in [0.05, 0.1) is 0 Å². The van der Waals surface area contributed by atoms with Crippen molar-refractivity contribution in [1.82, 2.24) is 5.32 Å². The van der Waals surface area contributed by atoms with Crippen LogP contribution in [0.4, 0.5) is 0 Å². The van der Waals surface area contributed by atoms with Gasteiger partial charge in [0.15, 0.2) is 0 Å². The molecular weight excluding hydrogens is 234 g/mol. The van der Waals surface area contributed by atoms with Crippen molar-refractivity contribution < 1.29 is 4.74 Å². The van der Waals surface area contributed by atoms with Crippen molar-refractivity contribution >= 4 is 0 Å². The maximum absolute atomic E-state index is 5.92. The average Bonchev–Trinajstić information content (AvgIpc) is 2.87. The molecule has 0 radical (unpaired) electrons. The van der Waals surface area contributed by atoms with E-state index in [2.05, 4.69) is 44.3 Å². The first-order valence-electron chi connectivity index (χ1n) is 7.56. The van der Waals surface area contributed by atoms with E-state index in [4.69, 9.17) is 4.74 Å². The largest absolute Gasteiger partial charge is 0.487 e. The summed E-state index contributed by atoms with van der Waals surface area (Å²) in [6.45, 7) is 7.66. The van der Waals surface area contributed by atoms with E-state index in [0.29, 0.717) is 0 Å². The molecule has 0 bridgehead atoms. The summed E-state index contributed by atoms with van der Waals surface area (Å²) in [4.78, 5) is 0. The number of hydrogen-bond acceptors (Lipinski definition) is 2. The predicted octanol–water partition coefficient (Wildman–Crippen LogP) is 3.68. The third-order valence-corrected chi connectivity index (χ3v) is 4.42. The molecule has 2 aliphatic rings. The lowest BCUT2D eigenvalue weighted by Gasteiger charge is -2.16. The van der Waals surface area contributed by atoms with Gasteiger partial charge in [0.1, 0.15) is 11.4 Å². The first-order valence-corrected chi connectivity index (χ1v) is 7.56. The van der Waals surface area contributed by atoms with Crippen LogP contribution in [0.15, 0.2) is 18.2 Å². The molecule has 1 aromatic rings. The Morgan fingerprint density at radius 1 is 1.32 bits per heavy atom. The van der Waals surface area contributed by atoms with Crippen LogP contribution in [-0.2, 0) is 13.0 Å². The average molecular weight is 259 g/mol. The summed E-state index contributed by atoms with van der Waals surface area (Å²) in [5.41, 5.74) is 2.72. The zero-order chi connectivity index (χ0) is 13.5. The minimum absolute atomic E-state index is 0.0325. The molecular formula is C17H25NO. The van der Waals surface area contributed by atoms with Gasteiger partial charge in [0, 0.05) is 19.0 Å². The molecule has 2 atom stereocenters. The molecule has 1 aliphatic heterocycles. The monoisotopic (exact) mass is 259 g/mol. The molecule has 104 valence electrons. The Morgan fingerprint density at radius 2 is 2.16 bits per heavy atom. The van der Waals surface area contributed by atoms with Crippen molar-refractivity contribution in [3.8, 4) is 5.75 Å². The number of benzene rings is 1. The van der Waals surface area contributed by atoms with Gasteiger partial charge in [-0.2, -0.15) is 0 Å². The molecule has 0 aromatic heterocycles. The lowest BCUT2D eigenvalue weighted by Crippen LogP contribution is -2.25. The van der Waals surface area contributed by atoms with E-state index in [9.17, 15) is 0 Å². The van der Waals surface area contributed by atoms with Crippen molar-refractivity contribution in [2.45, 2.75) is 64.6 Å². The van der Waals surface area contributed by atoms with Crippen LogP contribution in [0.2, 0.25) is 0 Å². The second-order valence-corrected chi connectivity index (χ2v) is 6.98. The van der Waals surface area contributed by atoms with Crippen LogP contribution in [0.5, 0.6) is 5.75 Å². The van der Waals surface area contributed by atoms with Gasteiger partial charge in [0.2, 0.25) is 0 Å². The highest BCUT2D eigenvalue weighted by molar-refractivity contribution is 5.41. The summed E-state index contributed by atoms with van der Waals surface area (Å²) < 4.78 is 5.92. The molecule has 1 N–H and O–H groups in total. The summed E-state index contributed by atoms with van der Waals surface area (Å²) in [5.74, 6) is 1.97. The first kappa shape index (κ1) is 13.0. The smallest absolute Gasteiger partial charge is 0.123 e. The lowest BCUT2D eigenvalue weighted by molar-refractivity contribution is 0.138. The Bertz CT molecular complexity index is 466. The number of hydrogen-bond donors (Lipinski definition) is 1. The third-order valence-electron chi connectivity index (χ3n) is 4.42. The van der Waals surface area contributed by atoms with E-state index < -0.39 is 0 Å². The molecule has 2 heteroatoms. The zero-order valence-corrected chi connectivity index (χ0v) is 12.3. The Kier molecular flexibility index (Phi) is 3.30. The molecule has 1 fully saturated rings. The van der Waals surface area contributed by atoms with Gasteiger partial charge in [-0.15, -0.1) is 0 Å². The molecule has 2 nitrogen and oxygen atoms in total. The molecule has 2 unspecified atom stereocenters. The first-order chi connectivity index (χ1) is 9.02. The van der Waals surface area contributed by atoms with Gasteiger partial charge in [-0.1, -0.05) is 19.1 Å². The SMILES string of the molecule is CC1CCC(NCc2ccc3c(c2)CC(C)(C)O3)C1. The molecule has 1 aromatic carbocycles. The molecule has 0 spiro atoms. The Hall–Kier alpha value is -1.02. The van der Waals surface area contributed by atoms with Crippen LogP contribution in [0.25, 0.3) is 0 Å². The Morgan fingerprint density at radius 3 is 2.89 bits per heavy atom. The fourth-order valence-electron chi connectivity index (χ4n) is 3.43. The Balaban J connectivity index is 1.61. The molecule has 0 amide bonds. The van der Waals surface area contributed by atoms with Gasteiger partial charge in [-0.05, 0) is 56.2 Å². The third kappa shape index (κ3) is 2.94. The highest BCUT2D eigenvalue weighted by atomic mass is 16.5. The zero-order valence-electron chi connectivity index (χ0n) is 12.3. The fourth-order valence-corrected chi connectivity index (χ4v) is 3.43. The lowest BCUT2D eigenvalue weighted by atomic mass is 10.00. The highest BCUT2D eigenvalue weighted by Crippen LogP contribution is 2.35. The number of fused-ring (bicyclic) bond motifs is 1. The normalized spacial score (nSPS) is 28.2. The Labute approximate surface area is 116 Å². The minimum Gasteiger partial charge on any atom is -0.487 e. The maximum Gasteiger partial charge on any atom is 0.123 e. The van der Waals surface area contributed by atoms with E-state index in [0.717, 1.165) is 30.7 Å². The molecule has 1 aliphatic carbocycles. The van der Waals surface area contributed by atoms with Crippen molar-refractivity contribution in [2.75, 3.05) is 0 Å². The van der Waals surface area contributed by atoms with Crippen molar-refractivity contribution in [3.05, 3.63) is 29.3 Å². The van der Waals surface area contributed by atoms with Crippen LogP contribution < -0.4 is 10.1 Å². The predicted molar refractivity (Wildman–Crippen MR) is 78.5 cm³/mol. The van der Waals surface area contributed by atoms with Crippen LogP contribution in [0, 0.1) is 5.92 Å². The molecule has 1 saturated carbocycles. The summed E-state index contributed by atoms with van der Waals surface area (Å²) >= 11 is 0. The number of ether oxygens (including phenoxy) is 1. The minimum atomic E-state index is -0.0325. The van der Waals surface area contributed by atoms with Gasteiger partial charge >= 0.3 is 0 Å². The van der Waals surface area contributed by atoms with Gasteiger partial charge in [-0.3, -0.25) is 0 Å². The van der Waals surface area contributed by atoms with E-state index in [1.807, 2.05) is 0 Å². The maximum atomic E-state index is 5.92.